The Balaban J connectivity index is 1.60. The van der Waals surface area contributed by atoms with Crippen molar-refractivity contribution in [3.05, 3.63) is 23.3 Å². The number of likely N-dealkylation sites (tertiary alicyclic amines) is 1. The summed E-state index contributed by atoms with van der Waals surface area (Å²) in [5.41, 5.74) is 8.26. The van der Waals surface area contributed by atoms with E-state index in [1.54, 1.807) is 7.11 Å². The molecule has 2 atom stereocenters. The fourth-order valence-electron chi connectivity index (χ4n) is 3.79. The normalized spacial score (nSPS) is 23.4. The Morgan fingerprint density at radius 2 is 2.32 bits per heavy atom. The topological polar surface area (TPSA) is 72.1 Å². The lowest BCUT2D eigenvalue weighted by Crippen LogP contribution is -2.42. The van der Waals surface area contributed by atoms with Crippen LogP contribution >= 0.6 is 0 Å². The molecule has 2 aliphatic heterocycles. The molecule has 0 spiro atoms. The zero-order chi connectivity index (χ0) is 17.8. The van der Waals surface area contributed by atoms with E-state index in [2.05, 4.69) is 35.1 Å². The number of ether oxygens (including phenoxy) is 2. The predicted molar refractivity (Wildman–Crippen MR) is 100 cm³/mol. The van der Waals surface area contributed by atoms with Gasteiger partial charge in [-0.15, -0.1) is 0 Å². The molecule has 6 heteroatoms. The standard InChI is InChI=1S/C19H30N4O2/c1-4-23-7-5-6-16(23)12-22-19(20)21-11-15-10-18-14(8-13(2)25-18)9-17(15)24-3/h9-10,13,16H,4-8,11-12H2,1-3H3,(H3,20,21,22). The van der Waals surface area contributed by atoms with Crippen LogP contribution in [0.4, 0.5) is 0 Å². The first-order chi connectivity index (χ1) is 12.1. The Kier molecular flexibility index (Phi) is 5.68. The lowest BCUT2D eigenvalue weighted by molar-refractivity contribution is 0.254. The molecule has 0 aromatic heterocycles. The lowest BCUT2D eigenvalue weighted by atomic mass is 10.1. The van der Waals surface area contributed by atoms with Gasteiger partial charge < -0.3 is 20.5 Å². The van der Waals surface area contributed by atoms with Gasteiger partial charge >= 0.3 is 0 Å². The summed E-state index contributed by atoms with van der Waals surface area (Å²) in [7, 11) is 1.69. The van der Waals surface area contributed by atoms with E-state index in [4.69, 9.17) is 15.2 Å². The molecule has 138 valence electrons. The van der Waals surface area contributed by atoms with Crippen molar-refractivity contribution in [1.82, 2.24) is 10.2 Å². The number of nitrogens with one attached hydrogen (secondary N) is 1. The first kappa shape index (κ1) is 17.9. The van der Waals surface area contributed by atoms with Crippen LogP contribution in [0, 0.1) is 0 Å². The molecule has 1 fully saturated rings. The molecule has 0 amide bonds. The average Bonchev–Trinajstić information content (AvgIpc) is 3.21. The van der Waals surface area contributed by atoms with Crippen molar-refractivity contribution in [2.24, 2.45) is 10.7 Å². The zero-order valence-electron chi connectivity index (χ0n) is 15.5. The van der Waals surface area contributed by atoms with Crippen molar-refractivity contribution < 1.29 is 9.47 Å². The summed E-state index contributed by atoms with van der Waals surface area (Å²) in [6.45, 7) is 7.90. The Morgan fingerprint density at radius 3 is 3.08 bits per heavy atom. The fraction of sp³-hybridized carbons (Fsp3) is 0.632. The third kappa shape index (κ3) is 4.18. The van der Waals surface area contributed by atoms with Gasteiger partial charge in [0.05, 0.1) is 13.7 Å². The molecular formula is C19H30N4O2. The van der Waals surface area contributed by atoms with Crippen LogP contribution in [0.1, 0.15) is 37.8 Å². The summed E-state index contributed by atoms with van der Waals surface area (Å²) in [6.07, 6.45) is 3.64. The van der Waals surface area contributed by atoms with Gasteiger partial charge in [-0.3, -0.25) is 4.90 Å². The molecule has 25 heavy (non-hydrogen) atoms. The maximum absolute atomic E-state index is 6.06. The van der Waals surface area contributed by atoms with E-state index in [-0.39, 0.29) is 6.10 Å². The summed E-state index contributed by atoms with van der Waals surface area (Å²) in [5, 5.41) is 3.27. The molecule has 0 aliphatic carbocycles. The summed E-state index contributed by atoms with van der Waals surface area (Å²) in [6, 6.07) is 4.65. The number of nitrogens with two attached hydrogens (primary N) is 1. The number of benzene rings is 1. The summed E-state index contributed by atoms with van der Waals surface area (Å²) in [4.78, 5) is 6.98. The van der Waals surface area contributed by atoms with E-state index in [9.17, 15) is 0 Å². The maximum Gasteiger partial charge on any atom is 0.188 e. The number of hydrogen-bond acceptors (Lipinski definition) is 4. The fourth-order valence-corrected chi connectivity index (χ4v) is 3.79. The number of likely N-dealkylation sites (N-methyl/N-ethyl adjacent to an activating group) is 1. The number of guanidine groups is 1. The van der Waals surface area contributed by atoms with Crippen molar-refractivity contribution in [2.45, 2.75) is 51.8 Å². The van der Waals surface area contributed by atoms with Crippen molar-refractivity contribution >= 4 is 5.96 Å². The van der Waals surface area contributed by atoms with Crippen LogP contribution in [0.3, 0.4) is 0 Å². The molecule has 2 aliphatic rings. The maximum atomic E-state index is 6.06. The Hall–Kier alpha value is -1.95. The third-order valence-corrected chi connectivity index (χ3v) is 5.14. The quantitative estimate of drug-likeness (QED) is 0.608. The molecule has 0 radical (unpaired) electrons. The van der Waals surface area contributed by atoms with Crippen molar-refractivity contribution in [2.75, 3.05) is 26.7 Å². The first-order valence-corrected chi connectivity index (χ1v) is 9.25. The number of methoxy groups -OCH3 is 1. The highest BCUT2D eigenvalue weighted by molar-refractivity contribution is 5.77. The summed E-state index contributed by atoms with van der Waals surface area (Å²) in [5.74, 6) is 2.27. The van der Waals surface area contributed by atoms with Crippen molar-refractivity contribution in [1.29, 1.82) is 0 Å². The van der Waals surface area contributed by atoms with Gasteiger partial charge in [-0.2, -0.15) is 0 Å². The van der Waals surface area contributed by atoms with Crippen molar-refractivity contribution in [3.63, 3.8) is 0 Å². The summed E-state index contributed by atoms with van der Waals surface area (Å²) >= 11 is 0. The molecule has 6 nitrogen and oxygen atoms in total. The van der Waals surface area contributed by atoms with Gasteiger partial charge in [0.15, 0.2) is 5.96 Å². The molecule has 0 bridgehead atoms. The molecule has 3 N–H and O–H groups in total. The largest absolute Gasteiger partial charge is 0.496 e. The molecule has 1 saturated heterocycles. The molecule has 1 aromatic carbocycles. The number of hydrogen-bond donors (Lipinski definition) is 2. The van der Waals surface area contributed by atoms with Crippen molar-refractivity contribution in [3.8, 4) is 11.5 Å². The van der Waals surface area contributed by atoms with E-state index in [0.29, 0.717) is 18.5 Å². The minimum Gasteiger partial charge on any atom is -0.496 e. The average molecular weight is 346 g/mol. The van der Waals surface area contributed by atoms with Crippen LogP contribution in [0.25, 0.3) is 0 Å². The van der Waals surface area contributed by atoms with Crippen LogP contribution < -0.4 is 20.5 Å². The smallest absolute Gasteiger partial charge is 0.188 e. The van der Waals surface area contributed by atoms with E-state index in [0.717, 1.165) is 36.6 Å². The predicted octanol–water partition coefficient (Wildman–Crippen LogP) is 1.91. The molecule has 2 unspecified atom stereocenters. The van der Waals surface area contributed by atoms with Crippen LogP contribution in [-0.2, 0) is 13.0 Å². The van der Waals surface area contributed by atoms with Gasteiger partial charge in [-0.1, -0.05) is 6.92 Å². The number of fused-ring (bicyclic) bond motifs is 1. The molecule has 1 aromatic rings. The molecular weight excluding hydrogens is 316 g/mol. The molecule has 0 saturated carbocycles. The second-order valence-electron chi connectivity index (χ2n) is 6.91. The minimum atomic E-state index is 0.220. The van der Waals surface area contributed by atoms with E-state index >= 15 is 0 Å². The van der Waals surface area contributed by atoms with Gasteiger partial charge in [-0.25, -0.2) is 4.99 Å². The second-order valence-corrected chi connectivity index (χ2v) is 6.91. The van der Waals surface area contributed by atoms with Crippen LogP contribution in [0.15, 0.2) is 17.1 Å². The van der Waals surface area contributed by atoms with Gasteiger partial charge in [-0.05, 0) is 45.0 Å². The van der Waals surface area contributed by atoms with E-state index in [1.807, 2.05) is 6.07 Å². The minimum absolute atomic E-state index is 0.220. The molecule has 2 heterocycles. The number of nitrogens with zero attached hydrogens (tertiary/aromatic N) is 2. The highest BCUT2D eigenvalue weighted by Gasteiger charge is 2.23. The third-order valence-electron chi connectivity index (χ3n) is 5.14. The highest BCUT2D eigenvalue weighted by Crippen LogP contribution is 2.35. The van der Waals surface area contributed by atoms with Crippen LogP contribution in [0.2, 0.25) is 0 Å². The highest BCUT2D eigenvalue weighted by atomic mass is 16.5. The van der Waals surface area contributed by atoms with Crippen LogP contribution in [-0.4, -0.2) is 49.7 Å². The Labute approximate surface area is 150 Å². The van der Waals surface area contributed by atoms with Gasteiger partial charge in [0.1, 0.15) is 17.6 Å². The SMILES string of the molecule is CCN1CCCC1CNC(N)=NCc1cc2c(cc1OC)CC(C)O2. The van der Waals surface area contributed by atoms with Gasteiger partial charge in [0, 0.05) is 30.1 Å². The number of rotatable bonds is 6. The van der Waals surface area contributed by atoms with E-state index < -0.39 is 0 Å². The monoisotopic (exact) mass is 346 g/mol. The Morgan fingerprint density at radius 1 is 1.48 bits per heavy atom. The van der Waals surface area contributed by atoms with Gasteiger partial charge in [0.25, 0.3) is 0 Å². The Bertz CT molecular complexity index is 632. The second kappa shape index (κ2) is 7.95. The number of aliphatic imine (C=N–C) groups is 1. The first-order valence-electron chi connectivity index (χ1n) is 9.25. The lowest BCUT2D eigenvalue weighted by Gasteiger charge is -2.23. The summed E-state index contributed by atoms with van der Waals surface area (Å²) < 4.78 is 11.4. The van der Waals surface area contributed by atoms with Crippen LogP contribution in [0.5, 0.6) is 11.5 Å². The zero-order valence-corrected chi connectivity index (χ0v) is 15.5. The van der Waals surface area contributed by atoms with E-state index in [1.165, 1.54) is 24.9 Å². The van der Waals surface area contributed by atoms with Gasteiger partial charge in [0.2, 0.25) is 0 Å². The molecule has 3 rings (SSSR count).